The third kappa shape index (κ3) is 5.23. The van der Waals surface area contributed by atoms with Gasteiger partial charge < -0.3 is 14.9 Å². The predicted octanol–water partition coefficient (Wildman–Crippen LogP) is 0.0193. The largest absolute Gasteiger partial charge is 0.508 e. The lowest BCUT2D eigenvalue weighted by Gasteiger charge is -1.98. The Morgan fingerprint density at radius 2 is 2.29 bits per heavy atom. The lowest BCUT2D eigenvalue weighted by atomic mass is 10.8. The molecule has 0 amide bonds. The van der Waals surface area contributed by atoms with Crippen molar-refractivity contribution in [2.45, 2.75) is 13.2 Å². The van der Waals surface area contributed by atoms with Gasteiger partial charge in [-0.2, -0.15) is 0 Å². The van der Waals surface area contributed by atoms with Gasteiger partial charge in [0.2, 0.25) is 6.29 Å². The van der Waals surface area contributed by atoms with Crippen LogP contribution in [0.25, 0.3) is 0 Å². The summed E-state index contributed by atoms with van der Waals surface area (Å²) in [6.07, 6.45) is -2.69. The van der Waals surface area contributed by atoms with Gasteiger partial charge in [0.05, 0.1) is 0 Å². The van der Waals surface area contributed by atoms with E-state index in [1.165, 1.54) is 6.92 Å². The van der Waals surface area contributed by atoms with E-state index in [2.05, 4.69) is 4.74 Å². The molecule has 4 nitrogen and oxygen atoms in total. The van der Waals surface area contributed by atoms with Crippen LogP contribution in [0.5, 0.6) is 0 Å². The SMILES string of the molecule is C[C@@H](O)OC(=O)O. The van der Waals surface area contributed by atoms with Gasteiger partial charge in [-0.05, 0) is 6.92 Å². The Kier molecular flexibility index (Phi) is 2.15. The van der Waals surface area contributed by atoms with Crippen LogP contribution in [-0.2, 0) is 4.74 Å². The third-order valence-electron chi connectivity index (χ3n) is 0.271. The van der Waals surface area contributed by atoms with Crippen molar-refractivity contribution in [2.75, 3.05) is 0 Å². The molecule has 0 aliphatic carbocycles. The Labute approximate surface area is 40.3 Å². The van der Waals surface area contributed by atoms with Crippen molar-refractivity contribution in [3.63, 3.8) is 0 Å². The van der Waals surface area contributed by atoms with Gasteiger partial charge in [0.15, 0.2) is 0 Å². The summed E-state index contributed by atoms with van der Waals surface area (Å²) in [5.74, 6) is 0. The normalized spacial score (nSPS) is 12.9. The molecule has 0 rings (SSSR count). The Bertz CT molecular complexity index is 67.3. The first-order valence-corrected chi connectivity index (χ1v) is 1.70. The molecule has 1 atom stereocenters. The number of ether oxygens (including phenoxy) is 1. The van der Waals surface area contributed by atoms with Crippen molar-refractivity contribution in [2.24, 2.45) is 0 Å². The molecular formula is C3H6O4. The zero-order chi connectivity index (χ0) is 5.86. The summed E-state index contributed by atoms with van der Waals surface area (Å²) < 4.78 is 3.72. The summed E-state index contributed by atoms with van der Waals surface area (Å²) in [6.45, 7) is 1.22. The summed E-state index contributed by atoms with van der Waals surface area (Å²) in [5.41, 5.74) is 0. The van der Waals surface area contributed by atoms with E-state index in [0.717, 1.165) is 0 Å². The summed E-state index contributed by atoms with van der Waals surface area (Å²) in [7, 11) is 0. The molecule has 0 bridgehead atoms. The fourth-order valence-electron chi connectivity index (χ4n) is 0.146. The van der Waals surface area contributed by atoms with E-state index in [1.54, 1.807) is 0 Å². The maximum Gasteiger partial charge on any atom is 0.508 e. The summed E-state index contributed by atoms with van der Waals surface area (Å²) >= 11 is 0. The van der Waals surface area contributed by atoms with Gasteiger partial charge in [-0.1, -0.05) is 0 Å². The van der Waals surface area contributed by atoms with Crippen LogP contribution in [0, 0.1) is 0 Å². The van der Waals surface area contributed by atoms with Gasteiger partial charge in [0, 0.05) is 0 Å². The standard InChI is InChI=1S/C3H6O4/c1-2(4)7-3(5)6/h2,4H,1H3,(H,5,6)/t2-/m0/s1. The van der Waals surface area contributed by atoms with Crippen molar-refractivity contribution < 1.29 is 19.7 Å². The highest BCUT2D eigenvalue weighted by Crippen LogP contribution is 1.81. The average Bonchev–Trinajstić information content (AvgIpc) is 1.27. The van der Waals surface area contributed by atoms with Gasteiger partial charge in [0.1, 0.15) is 0 Å². The van der Waals surface area contributed by atoms with Crippen molar-refractivity contribution in [1.29, 1.82) is 0 Å². The maximum atomic E-state index is 9.43. The highest BCUT2D eigenvalue weighted by Gasteiger charge is 1.98. The molecule has 0 spiro atoms. The van der Waals surface area contributed by atoms with Crippen molar-refractivity contribution in [3.05, 3.63) is 0 Å². The fourth-order valence-corrected chi connectivity index (χ4v) is 0.146. The van der Waals surface area contributed by atoms with E-state index in [1.807, 2.05) is 0 Å². The zero-order valence-corrected chi connectivity index (χ0v) is 3.79. The second kappa shape index (κ2) is 2.41. The topological polar surface area (TPSA) is 66.8 Å². The minimum Gasteiger partial charge on any atom is -0.450 e. The fraction of sp³-hybridized carbons (Fsp3) is 0.667. The molecule has 2 N–H and O–H groups in total. The van der Waals surface area contributed by atoms with Crippen LogP contribution in [0.15, 0.2) is 0 Å². The first-order chi connectivity index (χ1) is 3.13. The molecule has 0 saturated heterocycles. The molecule has 0 aromatic carbocycles. The minimum atomic E-state index is -1.46. The van der Waals surface area contributed by atoms with E-state index >= 15 is 0 Å². The molecule has 0 aromatic heterocycles. The third-order valence-corrected chi connectivity index (χ3v) is 0.271. The van der Waals surface area contributed by atoms with Gasteiger partial charge >= 0.3 is 6.16 Å². The van der Waals surface area contributed by atoms with Crippen LogP contribution in [0.1, 0.15) is 6.92 Å². The van der Waals surface area contributed by atoms with Crippen LogP contribution in [-0.4, -0.2) is 22.7 Å². The highest BCUT2D eigenvalue weighted by molar-refractivity contribution is 5.56. The molecule has 0 aliphatic rings. The monoisotopic (exact) mass is 106 g/mol. The number of rotatable bonds is 1. The Morgan fingerprint density at radius 3 is 2.29 bits per heavy atom. The second-order valence-corrected chi connectivity index (χ2v) is 0.983. The Hall–Kier alpha value is -0.770. The van der Waals surface area contributed by atoms with E-state index in [0.29, 0.717) is 0 Å². The number of aliphatic hydroxyl groups is 1. The lowest BCUT2D eigenvalue weighted by Crippen LogP contribution is -2.10. The molecule has 0 aromatic rings. The highest BCUT2D eigenvalue weighted by atomic mass is 16.7. The van der Waals surface area contributed by atoms with Crippen molar-refractivity contribution in [3.8, 4) is 0 Å². The maximum absolute atomic E-state index is 9.43. The molecule has 4 heteroatoms. The first kappa shape index (κ1) is 6.23. The van der Waals surface area contributed by atoms with Crippen molar-refractivity contribution in [1.82, 2.24) is 0 Å². The quantitative estimate of drug-likeness (QED) is 0.365. The number of aliphatic hydroxyl groups excluding tert-OH is 1. The Balaban J connectivity index is 3.13. The number of carboxylic acid groups (broad SMARTS) is 1. The van der Waals surface area contributed by atoms with Gasteiger partial charge in [-0.3, -0.25) is 0 Å². The average molecular weight is 106 g/mol. The number of hydrogen-bond acceptors (Lipinski definition) is 3. The molecule has 0 radical (unpaired) electrons. The molecule has 7 heavy (non-hydrogen) atoms. The van der Waals surface area contributed by atoms with Gasteiger partial charge in [0.25, 0.3) is 0 Å². The minimum absolute atomic E-state index is 1.22. The van der Waals surface area contributed by atoms with Crippen LogP contribution in [0.4, 0.5) is 4.79 Å². The lowest BCUT2D eigenvalue weighted by molar-refractivity contribution is -0.0572. The first-order valence-electron chi connectivity index (χ1n) is 1.70. The van der Waals surface area contributed by atoms with Crippen LogP contribution in [0.2, 0.25) is 0 Å². The summed E-state index contributed by atoms with van der Waals surface area (Å²) in [4.78, 5) is 9.43. The van der Waals surface area contributed by atoms with Crippen molar-refractivity contribution >= 4 is 6.16 Å². The van der Waals surface area contributed by atoms with Gasteiger partial charge in [-0.25, -0.2) is 4.79 Å². The van der Waals surface area contributed by atoms with E-state index in [4.69, 9.17) is 10.2 Å². The predicted molar refractivity (Wildman–Crippen MR) is 20.8 cm³/mol. The number of hydrogen-bond donors (Lipinski definition) is 2. The van der Waals surface area contributed by atoms with Crippen LogP contribution < -0.4 is 0 Å². The summed E-state index contributed by atoms with van der Waals surface area (Å²) in [5, 5.41) is 15.8. The van der Waals surface area contributed by atoms with Crippen LogP contribution >= 0.6 is 0 Å². The molecule has 0 saturated carbocycles. The number of carbonyl (C=O) groups is 1. The van der Waals surface area contributed by atoms with Gasteiger partial charge in [-0.15, -0.1) is 0 Å². The summed E-state index contributed by atoms with van der Waals surface area (Å²) in [6, 6.07) is 0. The Morgan fingerprint density at radius 1 is 1.86 bits per heavy atom. The molecular weight excluding hydrogens is 100 g/mol. The molecule has 0 aliphatic heterocycles. The molecule has 42 valence electrons. The van der Waals surface area contributed by atoms with Crippen LogP contribution in [0.3, 0.4) is 0 Å². The van der Waals surface area contributed by atoms with E-state index in [-0.39, 0.29) is 0 Å². The molecule has 0 heterocycles. The second-order valence-electron chi connectivity index (χ2n) is 0.983. The van der Waals surface area contributed by atoms with E-state index < -0.39 is 12.4 Å². The molecule has 0 unspecified atom stereocenters. The molecule has 0 fully saturated rings. The van der Waals surface area contributed by atoms with E-state index in [9.17, 15) is 4.79 Å². The zero-order valence-electron chi connectivity index (χ0n) is 3.79. The smallest absolute Gasteiger partial charge is 0.450 e.